The lowest BCUT2D eigenvalue weighted by atomic mass is 10.5. The van der Waals surface area contributed by atoms with Gasteiger partial charge in [-0.15, -0.1) is 8.58 Å². The topological polar surface area (TPSA) is 29.1 Å². The summed E-state index contributed by atoms with van der Waals surface area (Å²) < 4.78 is 34.4. The van der Waals surface area contributed by atoms with E-state index in [-0.39, 0.29) is 6.54 Å². The van der Waals surface area contributed by atoms with Crippen LogP contribution < -0.4 is 5.32 Å². The van der Waals surface area contributed by atoms with E-state index >= 15 is 0 Å². The van der Waals surface area contributed by atoms with Gasteiger partial charge in [0.15, 0.2) is 0 Å². The first-order chi connectivity index (χ1) is 4.98. The number of carbonyl (C=O) groups excluding carboxylic acids is 1. The van der Waals surface area contributed by atoms with Crippen molar-refractivity contribution in [2.24, 2.45) is 0 Å². The molecule has 0 aliphatic heterocycles. The van der Waals surface area contributed by atoms with E-state index in [1.807, 2.05) is 6.66 Å². The Hall–Kier alpha value is -0.310. The van der Waals surface area contributed by atoms with Crippen molar-refractivity contribution in [1.29, 1.82) is 0 Å². The van der Waals surface area contributed by atoms with Crippen LogP contribution in [0, 0.1) is 0 Å². The molecule has 6 heteroatoms. The Morgan fingerprint density at radius 3 is 2.45 bits per heavy atom. The summed E-state index contributed by atoms with van der Waals surface area (Å²) >= 11 is 0. The van der Waals surface area contributed by atoms with Crippen LogP contribution in [-0.4, -0.2) is 31.5 Å². The number of halogens is 3. The van der Waals surface area contributed by atoms with E-state index in [2.05, 4.69) is 0 Å². The summed E-state index contributed by atoms with van der Waals surface area (Å²) in [6.45, 7) is 1.97. The van der Waals surface area contributed by atoms with E-state index in [0.717, 1.165) is 0 Å². The molecule has 2 nitrogen and oxygen atoms in total. The third-order valence-electron chi connectivity index (χ3n) is 0.918. The minimum absolute atomic E-state index is 0.104. The molecule has 0 aliphatic carbocycles. The predicted octanol–water partition coefficient (Wildman–Crippen LogP) is 0.973. The van der Waals surface area contributed by atoms with Crippen molar-refractivity contribution in [3.05, 3.63) is 0 Å². The van der Waals surface area contributed by atoms with Crippen molar-refractivity contribution in [3.8, 4) is 0 Å². The zero-order valence-corrected chi connectivity index (χ0v) is 6.96. The first kappa shape index (κ1) is 10.7. The molecule has 1 atom stereocenters. The molecule has 0 saturated heterocycles. The minimum Gasteiger partial charge on any atom is -0.348 e. The van der Waals surface area contributed by atoms with Gasteiger partial charge >= 0.3 is 12.1 Å². The van der Waals surface area contributed by atoms with Crippen molar-refractivity contribution >= 4 is 14.5 Å². The maximum atomic E-state index is 11.5. The van der Waals surface area contributed by atoms with E-state index in [9.17, 15) is 18.0 Å². The van der Waals surface area contributed by atoms with Crippen molar-refractivity contribution < 1.29 is 18.0 Å². The molecule has 1 unspecified atom stereocenters. The maximum absolute atomic E-state index is 11.5. The van der Waals surface area contributed by atoms with Gasteiger partial charge in [0.2, 0.25) is 0 Å². The largest absolute Gasteiger partial charge is 0.471 e. The second kappa shape index (κ2) is 4.54. The second-order valence-corrected chi connectivity index (χ2v) is 3.06. The summed E-state index contributed by atoms with van der Waals surface area (Å²) in [5.41, 5.74) is 0. The van der Waals surface area contributed by atoms with Gasteiger partial charge < -0.3 is 5.32 Å². The summed E-state index contributed by atoms with van der Waals surface area (Å²) in [7, 11) is 0.559. The number of nitrogens with one attached hydrogen (secondary N) is 1. The van der Waals surface area contributed by atoms with Crippen LogP contribution in [0.25, 0.3) is 0 Å². The van der Waals surface area contributed by atoms with E-state index < -0.39 is 12.1 Å². The van der Waals surface area contributed by atoms with E-state index in [4.69, 9.17) is 0 Å². The molecule has 0 aliphatic rings. The molecular weight excluding hydrogens is 178 g/mol. The van der Waals surface area contributed by atoms with Crippen molar-refractivity contribution in [2.75, 3.05) is 19.4 Å². The molecule has 11 heavy (non-hydrogen) atoms. The molecule has 66 valence electrons. The molecule has 0 saturated carbocycles. The molecule has 0 fully saturated rings. The first-order valence-electron chi connectivity index (χ1n) is 2.98. The Morgan fingerprint density at radius 1 is 1.55 bits per heavy atom. The molecule has 1 N–H and O–H groups in total. The fraction of sp³-hybridized carbons (Fsp3) is 0.800. The molecule has 0 bridgehead atoms. The van der Waals surface area contributed by atoms with Gasteiger partial charge in [0, 0.05) is 6.54 Å². The Labute approximate surface area is 64.3 Å². The molecule has 0 spiro atoms. The molecule has 0 rings (SSSR count). The van der Waals surface area contributed by atoms with Crippen LogP contribution in [-0.2, 0) is 4.79 Å². The van der Waals surface area contributed by atoms with Crippen LogP contribution in [0.2, 0.25) is 0 Å². The standard InChI is InChI=1S/C5H9F3NOP/c1-11-3-2-9-4(10)5(6,7)8/h11H,2-3H2,1H3,(H,9,10). The average Bonchev–Trinajstić information content (AvgIpc) is 1.86. The van der Waals surface area contributed by atoms with Crippen LogP contribution in [0.5, 0.6) is 0 Å². The number of alkyl halides is 3. The summed E-state index contributed by atoms with van der Waals surface area (Å²) in [6.07, 6.45) is -4.14. The highest BCUT2D eigenvalue weighted by molar-refractivity contribution is 7.37. The lowest BCUT2D eigenvalue weighted by Gasteiger charge is -2.06. The van der Waals surface area contributed by atoms with Crippen molar-refractivity contribution in [2.45, 2.75) is 6.18 Å². The van der Waals surface area contributed by atoms with Gasteiger partial charge in [-0.05, 0) is 12.8 Å². The average molecular weight is 187 g/mol. The number of hydrogen-bond acceptors (Lipinski definition) is 1. The molecule has 0 aromatic heterocycles. The van der Waals surface area contributed by atoms with E-state index in [0.29, 0.717) is 14.7 Å². The van der Waals surface area contributed by atoms with Gasteiger partial charge in [-0.1, -0.05) is 0 Å². The normalized spacial score (nSPS) is 12.4. The zero-order chi connectivity index (χ0) is 8.91. The van der Waals surface area contributed by atoms with E-state index in [1.54, 1.807) is 5.32 Å². The highest BCUT2D eigenvalue weighted by atomic mass is 31.1. The van der Waals surface area contributed by atoms with Crippen LogP contribution in [0.1, 0.15) is 0 Å². The number of hydrogen-bond donors (Lipinski definition) is 1. The molecule has 0 radical (unpaired) electrons. The lowest BCUT2D eigenvalue weighted by Crippen LogP contribution is -2.37. The quantitative estimate of drug-likeness (QED) is 0.517. The fourth-order valence-corrected chi connectivity index (χ4v) is 0.776. The SMILES string of the molecule is CPCCNC(=O)C(F)(F)F. The van der Waals surface area contributed by atoms with Crippen molar-refractivity contribution in [1.82, 2.24) is 5.32 Å². The summed E-state index contributed by atoms with van der Waals surface area (Å²) in [4.78, 5) is 10.1. The third-order valence-corrected chi connectivity index (χ3v) is 1.67. The molecule has 0 aromatic carbocycles. The van der Waals surface area contributed by atoms with Gasteiger partial charge in [0.05, 0.1) is 0 Å². The monoisotopic (exact) mass is 187 g/mol. The number of amides is 1. The third kappa shape index (κ3) is 5.01. The molecule has 1 amide bonds. The Balaban J connectivity index is 3.54. The van der Waals surface area contributed by atoms with Gasteiger partial charge in [-0.25, -0.2) is 0 Å². The molecule has 0 heterocycles. The second-order valence-electron chi connectivity index (χ2n) is 1.86. The zero-order valence-electron chi connectivity index (χ0n) is 5.96. The first-order valence-corrected chi connectivity index (χ1v) is 4.69. The van der Waals surface area contributed by atoms with Gasteiger partial charge in [0.25, 0.3) is 0 Å². The fourth-order valence-electron chi connectivity index (χ4n) is 0.401. The van der Waals surface area contributed by atoms with Gasteiger partial charge in [-0.2, -0.15) is 13.2 Å². The van der Waals surface area contributed by atoms with Gasteiger partial charge in [-0.3, -0.25) is 4.79 Å². The van der Waals surface area contributed by atoms with Crippen LogP contribution in [0.4, 0.5) is 13.2 Å². The smallest absolute Gasteiger partial charge is 0.348 e. The lowest BCUT2D eigenvalue weighted by molar-refractivity contribution is -0.173. The Bertz CT molecular complexity index is 136. The molecule has 0 aromatic rings. The predicted molar refractivity (Wildman–Crippen MR) is 38.2 cm³/mol. The van der Waals surface area contributed by atoms with E-state index in [1.165, 1.54) is 0 Å². The molecular formula is C5H9F3NOP. The van der Waals surface area contributed by atoms with Crippen molar-refractivity contribution in [3.63, 3.8) is 0 Å². The summed E-state index contributed by atoms with van der Waals surface area (Å²) in [5.74, 6) is -1.85. The maximum Gasteiger partial charge on any atom is 0.471 e. The Morgan fingerprint density at radius 2 is 2.09 bits per heavy atom. The number of rotatable bonds is 3. The van der Waals surface area contributed by atoms with Crippen LogP contribution >= 0.6 is 8.58 Å². The van der Waals surface area contributed by atoms with Crippen LogP contribution in [0.3, 0.4) is 0 Å². The summed E-state index contributed by atoms with van der Waals surface area (Å²) in [6, 6.07) is 0. The van der Waals surface area contributed by atoms with Crippen LogP contribution in [0.15, 0.2) is 0 Å². The highest BCUT2D eigenvalue weighted by Crippen LogP contribution is 2.13. The number of carbonyl (C=O) groups is 1. The summed E-state index contributed by atoms with van der Waals surface area (Å²) in [5, 5.41) is 1.77. The van der Waals surface area contributed by atoms with Gasteiger partial charge in [0.1, 0.15) is 0 Å². The highest BCUT2D eigenvalue weighted by Gasteiger charge is 2.37. The Kier molecular flexibility index (Phi) is 4.42. The minimum atomic E-state index is -4.74.